The van der Waals surface area contributed by atoms with E-state index < -0.39 is 0 Å². The maximum atomic E-state index is 10.7. The lowest BCUT2D eigenvalue weighted by Gasteiger charge is -2.05. The van der Waals surface area contributed by atoms with E-state index in [1.54, 1.807) is 30.6 Å². The number of rotatable bonds is 2. The van der Waals surface area contributed by atoms with Crippen LogP contribution < -0.4 is 0 Å². The summed E-state index contributed by atoms with van der Waals surface area (Å²) in [6.45, 7) is 0. The van der Waals surface area contributed by atoms with Crippen LogP contribution in [-0.2, 0) is 0 Å². The molecule has 14 heavy (non-hydrogen) atoms. The van der Waals surface area contributed by atoms with Crippen LogP contribution in [0.3, 0.4) is 0 Å². The van der Waals surface area contributed by atoms with E-state index in [0.29, 0.717) is 12.0 Å². The molecule has 0 aliphatic rings. The van der Waals surface area contributed by atoms with Gasteiger partial charge in [-0.25, -0.2) is 4.68 Å². The van der Waals surface area contributed by atoms with Crippen LogP contribution in [0.1, 0.15) is 10.4 Å². The highest BCUT2D eigenvalue weighted by Gasteiger charge is 2.07. The smallest absolute Gasteiger partial charge is 0.155 e. The molecule has 2 aromatic rings. The molecule has 1 heterocycles. The van der Waals surface area contributed by atoms with Gasteiger partial charge in [0, 0.05) is 12.4 Å². The first-order chi connectivity index (χ1) is 6.83. The van der Waals surface area contributed by atoms with Crippen LogP contribution >= 0.6 is 0 Å². The van der Waals surface area contributed by atoms with Crippen molar-refractivity contribution in [2.45, 2.75) is 0 Å². The van der Waals surface area contributed by atoms with Gasteiger partial charge in [0.25, 0.3) is 0 Å². The van der Waals surface area contributed by atoms with E-state index in [-0.39, 0.29) is 11.3 Å². The highest BCUT2D eigenvalue weighted by atomic mass is 16.3. The molecule has 0 unspecified atom stereocenters. The van der Waals surface area contributed by atoms with Crippen molar-refractivity contribution in [3.05, 3.63) is 42.2 Å². The van der Waals surface area contributed by atoms with Crippen LogP contribution in [0.5, 0.6) is 5.75 Å². The van der Waals surface area contributed by atoms with Crippen molar-refractivity contribution in [3.63, 3.8) is 0 Å². The molecule has 0 aliphatic heterocycles. The maximum Gasteiger partial charge on any atom is 0.155 e. The van der Waals surface area contributed by atoms with E-state index in [2.05, 4.69) is 5.10 Å². The minimum Gasteiger partial charge on any atom is -0.507 e. The number of carbonyl (C=O) groups excluding carboxylic acids is 1. The van der Waals surface area contributed by atoms with Crippen molar-refractivity contribution in [3.8, 4) is 11.4 Å². The van der Waals surface area contributed by atoms with Gasteiger partial charge in [-0.3, -0.25) is 4.79 Å². The average Bonchev–Trinajstić information content (AvgIpc) is 2.70. The monoisotopic (exact) mass is 188 g/mol. The molecule has 4 nitrogen and oxygen atoms in total. The summed E-state index contributed by atoms with van der Waals surface area (Å²) in [5, 5.41) is 13.4. The van der Waals surface area contributed by atoms with Crippen LogP contribution in [0, 0.1) is 0 Å². The number of aromatic nitrogens is 2. The molecule has 1 aromatic carbocycles. The molecule has 70 valence electrons. The fourth-order valence-electron chi connectivity index (χ4n) is 1.27. The Kier molecular flexibility index (Phi) is 2.02. The lowest BCUT2D eigenvalue weighted by Crippen LogP contribution is -1.99. The molecule has 1 aromatic heterocycles. The molecule has 0 radical (unpaired) electrons. The molecule has 4 heteroatoms. The topological polar surface area (TPSA) is 55.1 Å². The van der Waals surface area contributed by atoms with Gasteiger partial charge in [0.1, 0.15) is 5.75 Å². The number of phenols is 1. The molecule has 0 aliphatic carbocycles. The predicted octanol–water partition coefficient (Wildman–Crippen LogP) is 1.39. The lowest BCUT2D eigenvalue weighted by molar-refractivity contribution is 0.112. The van der Waals surface area contributed by atoms with E-state index in [1.807, 2.05) is 0 Å². The first-order valence-electron chi connectivity index (χ1n) is 4.10. The summed E-state index contributed by atoms with van der Waals surface area (Å²) in [7, 11) is 0. The minimum atomic E-state index is -0.0343. The van der Waals surface area contributed by atoms with E-state index in [9.17, 15) is 9.90 Å². The average molecular weight is 188 g/mol. The second kappa shape index (κ2) is 3.33. The van der Waals surface area contributed by atoms with Crippen LogP contribution in [-0.4, -0.2) is 21.2 Å². The molecular weight excluding hydrogens is 180 g/mol. The second-order valence-corrected chi connectivity index (χ2v) is 2.78. The SMILES string of the molecule is O=Cc1c(O)cccc1-n1cccn1. The summed E-state index contributed by atoms with van der Waals surface area (Å²) in [5.41, 5.74) is 0.821. The largest absolute Gasteiger partial charge is 0.507 e. The molecule has 2 rings (SSSR count). The Morgan fingerprint density at radius 1 is 1.36 bits per heavy atom. The van der Waals surface area contributed by atoms with Crippen molar-refractivity contribution >= 4 is 6.29 Å². The Bertz CT molecular complexity index is 449. The Hall–Kier alpha value is -2.10. The quantitative estimate of drug-likeness (QED) is 0.724. The van der Waals surface area contributed by atoms with Gasteiger partial charge in [-0.1, -0.05) is 6.07 Å². The summed E-state index contributed by atoms with van der Waals surface area (Å²) in [5.74, 6) is -0.0343. The van der Waals surface area contributed by atoms with Crippen LogP contribution in [0.15, 0.2) is 36.7 Å². The molecular formula is C10H8N2O2. The van der Waals surface area contributed by atoms with Crippen molar-refractivity contribution in [2.24, 2.45) is 0 Å². The van der Waals surface area contributed by atoms with E-state index in [4.69, 9.17) is 0 Å². The Morgan fingerprint density at radius 2 is 2.21 bits per heavy atom. The fourth-order valence-corrected chi connectivity index (χ4v) is 1.27. The van der Waals surface area contributed by atoms with Crippen molar-refractivity contribution in [1.82, 2.24) is 9.78 Å². The van der Waals surface area contributed by atoms with Gasteiger partial charge in [0.05, 0.1) is 11.3 Å². The molecule has 0 fully saturated rings. The fraction of sp³-hybridized carbons (Fsp3) is 0. The van der Waals surface area contributed by atoms with Crippen LogP contribution in [0.2, 0.25) is 0 Å². The summed E-state index contributed by atoms with van der Waals surface area (Å²) < 4.78 is 1.53. The highest BCUT2D eigenvalue weighted by Crippen LogP contribution is 2.21. The summed E-state index contributed by atoms with van der Waals surface area (Å²) in [6.07, 6.45) is 3.94. The first-order valence-corrected chi connectivity index (χ1v) is 4.10. The Labute approximate surface area is 80.4 Å². The molecule has 0 spiro atoms. The Balaban J connectivity index is 2.64. The molecule has 0 amide bonds. The van der Waals surface area contributed by atoms with Gasteiger partial charge >= 0.3 is 0 Å². The number of nitrogens with zero attached hydrogens (tertiary/aromatic N) is 2. The van der Waals surface area contributed by atoms with E-state index in [1.165, 1.54) is 10.7 Å². The van der Waals surface area contributed by atoms with Crippen LogP contribution in [0.25, 0.3) is 5.69 Å². The normalized spacial score (nSPS) is 10.0. The summed E-state index contributed by atoms with van der Waals surface area (Å²) in [6, 6.07) is 6.60. The number of hydrogen-bond acceptors (Lipinski definition) is 3. The first kappa shape index (κ1) is 8.50. The van der Waals surface area contributed by atoms with E-state index in [0.717, 1.165) is 0 Å². The second-order valence-electron chi connectivity index (χ2n) is 2.78. The number of hydrogen-bond donors (Lipinski definition) is 1. The number of benzene rings is 1. The zero-order valence-electron chi connectivity index (χ0n) is 7.29. The lowest BCUT2D eigenvalue weighted by atomic mass is 10.2. The van der Waals surface area contributed by atoms with Gasteiger partial charge in [-0.15, -0.1) is 0 Å². The standard InChI is InChI=1S/C10H8N2O2/c13-7-8-9(3-1-4-10(8)14)12-6-2-5-11-12/h1-7,14H. The minimum absolute atomic E-state index is 0.0343. The third-order valence-corrected chi connectivity index (χ3v) is 1.93. The van der Waals surface area contributed by atoms with Crippen molar-refractivity contribution in [1.29, 1.82) is 0 Å². The molecule has 0 atom stereocenters. The highest BCUT2D eigenvalue weighted by molar-refractivity contribution is 5.84. The van der Waals surface area contributed by atoms with Gasteiger partial charge in [-0.2, -0.15) is 5.10 Å². The molecule has 0 bridgehead atoms. The predicted molar refractivity (Wildman–Crippen MR) is 50.6 cm³/mol. The van der Waals surface area contributed by atoms with E-state index >= 15 is 0 Å². The van der Waals surface area contributed by atoms with Crippen molar-refractivity contribution in [2.75, 3.05) is 0 Å². The van der Waals surface area contributed by atoms with Gasteiger partial charge < -0.3 is 5.11 Å². The number of phenolic OH excluding ortho intramolecular Hbond substituents is 1. The molecule has 0 saturated carbocycles. The molecule has 1 N–H and O–H groups in total. The number of aromatic hydroxyl groups is 1. The number of aldehydes is 1. The zero-order chi connectivity index (χ0) is 9.97. The zero-order valence-corrected chi connectivity index (χ0v) is 7.29. The molecule has 0 saturated heterocycles. The summed E-state index contributed by atoms with van der Waals surface area (Å²) >= 11 is 0. The third kappa shape index (κ3) is 1.26. The third-order valence-electron chi connectivity index (χ3n) is 1.93. The summed E-state index contributed by atoms with van der Waals surface area (Å²) in [4.78, 5) is 10.7. The van der Waals surface area contributed by atoms with Crippen molar-refractivity contribution < 1.29 is 9.90 Å². The number of carbonyl (C=O) groups is 1. The van der Waals surface area contributed by atoms with Gasteiger partial charge in [0.2, 0.25) is 0 Å². The van der Waals surface area contributed by atoms with Gasteiger partial charge in [-0.05, 0) is 18.2 Å². The van der Waals surface area contributed by atoms with Crippen LogP contribution in [0.4, 0.5) is 0 Å². The van der Waals surface area contributed by atoms with Gasteiger partial charge in [0.15, 0.2) is 6.29 Å². The Morgan fingerprint density at radius 3 is 2.86 bits per heavy atom. The maximum absolute atomic E-state index is 10.7.